The zero-order valence-corrected chi connectivity index (χ0v) is 14.5. The predicted octanol–water partition coefficient (Wildman–Crippen LogP) is 6.14. The van der Waals surface area contributed by atoms with Crippen LogP contribution in [-0.4, -0.2) is 6.54 Å². The largest absolute Gasteiger partial charge is 0.416 e. The quantitative estimate of drug-likeness (QED) is 0.557. The van der Waals surface area contributed by atoms with Crippen molar-refractivity contribution in [3.63, 3.8) is 0 Å². The van der Waals surface area contributed by atoms with Crippen molar-refractivity contribution in [1.82, 2.24) is 5.32 Å². The molecule has 0 aliphatic carbocycles. The van der Waals surface area contributed by atoms with Gasteiger partial charge in [0.25, 0.3) is 0 Å². The van der Waals surface area contributed by atoms with Crippen molar-refractivity contribution in [3.8, 4) is 0 Å². The Labute approximate surface area is 154 Å². The van der Waals surface area contributed by atoms with Crippen LogP contribution in [0.5, 0.6) is 0 Å². The van der Waals surface area contributed by atoms with E-state index >= 15 is 0 Å². The molecule has 0 radical (unpaired) electrons. The van der Waals surface area contributed by atoms with Crippen LogP contribution in [0.3, 0.4) is 0 Å². The number of hydrogen-bond donors (Lipinski definition) is 1. The molecule has 3 rings (SSSR count). The molecule has 1 atom stereocenters. The lowest BCUT2D eigenvalue weighted by molar-refractivity contribution is -0.137. The number of hydrogen-bond acceptors (Lipinski definition) is 1. The first kappa shape index (κ1) is 15.9. The summed E-state index contributed by atoms with van der Waals surface area (Å²) in [6.07, 6.45) is -6.26. The lowest BCUT2D eigenvalue weighted by atomic mass is 9.99. The summed E-state index contributed by atoms with van der Waals surface area (Å²) in [5.41, 5.74) is 0.325. The van der Waals surface area contributed by atoms with E-state index in [2.05, 4.69) is 5.32 Å². The van der Waals surface area contributed by atoms with Gasteiger partial charge >= 0.3 is 6.18 Å². The minimum atomic E-state index is -4.48. The normalized spacial score (nSPS) is 14.8. The lowest BCUT2D eigenvalue weighted by Crippen LogP contribution is -2.20. The topological polar surface area (TPSA) is 12.0 Å². The van der Waals surface area contributed by atoms with Gasteiger partial charge in [-0.3, -0.25) is 0 Å². The number of alkyl halides is 3. The summed E-state index contributed by atoms with van der Waals surface area (Å²) in [5.74, 6) is 0. The zero-order valence-electron chi connectivity index (χ0n) is 16.5. The highest BCUT2D eigenvalue weighted by molar-refractivity contribution is 5.86. The fourth-order valence-corrected chi connectivity index (χ4v) is 3.04. The molecule has 0 heterocycles. The van der Waals surface area contributed by atoms with Crippen LogP contribution < -0.4 is 5.32 Å². The van der Waals surface area contributed by atoms with E-state index in [-0.39, 0.29) is 18.0 Å². The number of benzene rings is 3. The van der Waals surface area contributed by atoms with Crippen molar-refractivity contribution >= 4 is 10.8 Å². The fraction of sp³-hybridized carbons (Fsp3) is 0.273. The summed E-state index contributed by atoms with van der Waals surface area (Å²) in [5, 5.41) is 5.56. The van der Waals surface area contributed by atoms with Crippen LogP contribution >= 0.6 is 0 Å². The Morgan fingerprint density at radius 3 is 2.54 bits per heavy atom. The molecule has 0 spiro atoms. The maximum Gasteiger partial charge on any atom is 0.416 e. The number of rotatable bonds is 6. The zero-order chi connectivity index (χ0) is 20.4. The highest BCUT2D eigenvalue weighted by Gasteiger charge is 2.30. The molecular formula is C22H22F3N. The highest BCUT2D eigenvalue weighted by Crippen LogP contribution is 2.29. The van der Waals surface area contributed by atoms with Gasteiger partial charge in [-0.1, -0.05) is 60.7 Å². The molecule has 0 aromatic heterocycles. The van der Waals surface area contributed by atoms with Crippen molar-refractivity contribution in [2.24, 2.45) is 0 Å². The van der Waals surface area contributed by atoms with Gasteiger partial charge in [0.1, 0.15) is 0 Å². The summed E-state index contributed by atoms with van der Waals surface area (Å²) in [4.78, 5) is 0. The van der Waals surface area contributed by atoms with Crippen LogP contribution in [0.1, 0.15) is 38.8 Å². The Balaban J connectivity index is 1.68. The molecule has 1 N–H and O–H groups in total. The summed E-state index contributed by atoms with van der Waals surface area (Å²) < 4.78 is 55.1. The van der Waals surface area contributed by atoms with E-state index in [4.69, 9.17) is 2.74 Å². The van der Waals surface area contributed by atoms with Gasteiger partial charge in [0.2, 0.25) is 0 Å². The Hall–Kier alpha value is -2.33. The Bertz CT molecular complexity index is 948. The van der Waals surface area contributed by atoms with Crippen LogP contribution in [0.4, 0.5) is 13.2 Å². The molecule has 0 amide bonds. The van der Waals surface area contributed by atoms with Crippen LogP contribution in [0, 0.1) is 0 Å². The Morgan fingerprint density at radius 2 is 1.73 bits per heavy atom. The van der Waals surface area contributed by atoms with Crippen LogP contribution in [0.2, 0.25) is 0 Å². The molecule has 0 unspecified atom stereocenters. The molecule has 0 aliphatic heterocycles. The van der Waals surface area contributed by atoms with Crippen molar-refractivity contribution in [3.05, 3.63) is 83.4 Å². The number of nitrogens with one attached hydrogen (secondary N) is 1. The average Bonchev–Trinajstić information content (AvgIpc) is 2.66. The van der Waals surface area contributed by atoms with Gasteiger partial charge in [-0.25, -0.2) is 0 Å². The van der Waals surface area contributed by atoms with Gasteiger partial charge < -0.3 is 5.32 Å². The molecule has 0 bridgehead atoms. The first-order valence-electron chi connectivity index (χ1n) is 9.57. The van der Waals surface area contributed by atoms with Gasteiger partial charge in [-0.15, -0.1) is 0 Å². The third-order valence-electron chi connectivity index (χ3n) is 4.38. The number of halogens is 3. The van der Waals surface area contributed by atoms with Crippen molar-refractivity contribution in [2.75, 3.05) is 6.54 Å². The molecule has 3 aromatic rings. The monoisotopic (exact) mass is 359 g/mol. The van der Waals surface area contributed by atoms with Gasteiger partial charge in [0.15, 0.2) is 0 Å². The SMILES string of the molecule is [2H]C([2H])(CCN[C@H](C)c1cccc2ccccc12)c1cccc(C(F)(F)F)c1. The van der Waals surface area contributed by atoms with E-state index in [1.807, 2.05) is 49.4 Å². The van der Waals surface area contributed by atoms with E-state index in [0.717, 1.165) is 28.5 Å². The smallest absolute Gasteiger partial charge is 0.310 e. The van der Waals surface area contributed by atoms with Crippen LogP contribution in [-0.2, 0) is 12.5 Å². The van der Waals surface area contributed by atoms with Crippen LogP contribution in [0.25, 0.3) is 10.8 Å². The van der Waals surface area contributed by atoms with Gasteiger partial charge in [0.05, 0.1) is 5.56 Å². The van der Waals surface area contributed by atoms with E-state index in [1.165, 1.54) is 12.1 Å². The standard InChI is InChI=1S/C22H22F3N/c1-16(20-13-5-10-18-9-2-3-12-21(18)20)26-14-6-8-17-7-4-11-19(15-17)22(23,24)25/h2-5,7,9-13,15-16,26H,6,8,14H2,1H3/t16-/m1/s1/i8D2. The molecule has 4 heteroatoms. The van der Waals surface area contributed by atoms with Gasteiger partial charge in [-0.2, -0.15) is 13.2 Å². The Morgan fingerprint density at radius 1 is 1.00 bits per heavy atom. The van der Waals surface area contributed by atoms with E-state index in [0.29, 0.717) is 6.54 Å². The van der Waals surface area contributed by atoms with E-state index in [1.54, 1.807) is 0 Å². The molecule has 0 aliphatic rings. The molecule has 0 saturated heterocycles. The second-order valence-corrected chi connectivity index (χ2v) is 6.25. The van der Waals surface area contributed by atoms with Crippen molar-refractivity contribution in [2.45, 2.75) is 31.9 Å². The maximum atomic E-state index is 12.9. The lowest BCUT2D eigenvalue weighted by Gasteiger charge is -2.17. The first-order chi connectivity index (χ1) is 13.2. The minimum Gasteiger partial charge on any atom is -0.310 e. The van der Waals surface area contributed by atoms with E-state index < -0.39 is 18.1 Å². The summed E-state index contributed by atoms with van der Waals surface area (Å²) in [6.45, 7) is 2.34. The molecule has 0 saturated carbocycles. The van der Waals surface area contributed by atoms with Crippen molar-refractivity contribution in [1.29, 1.82) is 0 Å². The predicted molar refractivity (Wildman–Crippen MR) is 100 cm³/mol. The average molecular weight is 359 g/mol. The summed E-state index contributed by atoms with van der Waals surface area (Å²) >= 11 is 0. The molecular weight excluding hydrogens is 335 g/mol. The molecule has 136 valence electrons. The van der Waals surface area contributed by atoms with Crippen LogP contribution in [0.15, 0.2) is 66.7 Å². The van der Waals surface area contributed by atoms with Gasteiger partial charge in [0, 0.05) is 8.78 Å². The molecule has 1 nitrogen and oxygen atoms in total. The molecule has 0 fully saturated rings. The summed E-state index contributed by atoms with van der Waals surface area (Å²) in [6, 6.07) is 18.6. The highest BCUT2D eigenvalue weighted by atomic mass is 19.4. The fourth-order valence-electron chi connectivity index (χ4n) is 3.04. The number of fused-ring (bicyclic) bond motifs is 1. The van der Waals surface area contributed by atoms with E-state index in [9.17, 15) is 13.2 Å². The summed E-state index contributed by atoms with van der Waals surface area (Å²) in [7, 11) is 0. The third-order valence-corrected chi connectivity index (χ3v) is 4.38. The third kappa shape index (κ3) is 4.44. The first-order valence-corrected chi connectivity index (χ1v) is 8.57. The second-order valence-electron chi connectivity index (χ2n) is 6.25. The second kappa shape index (κ2) is 7.92. The molecule has 3 aromatic carbocycles. The number of aryl methyl sites for hydroxylation is 1. The minimum absolute atomic E-state index is 0.0107. The molecule has 26 heavy (non-hydrogen) atoms. The van der Waals surface area contributed by atoms with Gasteiger partial charge in [-0.05, 0) is 54.2 Å². The Kier molecular flexibility index (Phi) is 4.84. The van der Waals surface area contributed by atoms with Crippen molar-refractivity contribution < 1.29 is 15.9 Å². The maximum absolute atomic E-state index is 12.9.